The van der Waals surface area contributed by atoms with Gasteiger partial charge in [-0.3, -0.25) is 14.9 Å². The van der Waals surface area contributed by atoms with E-state index in [1.807, 2.05) is 20.8 Å². The van der Waals surface area contributed by atoms with Gasteiger partial charge in [-0.2, -0.15) is 0 Å². The van der Waals surface area contributed by atoms with Crippen molar-refractivity contribution in [2.24, 2.45) is 11.1 Å². The van der Waals surface area contributed by atoms with Crippen molar-refractivity contribution in [3.8, 4) is 0 Å². The van der Waals surface area contributed by atoms with Crippen LogP contribution in [0, 0.1) is 21.3 Å². The smallest absolute Gasteiger partial charge is 0.295 e. The van der Waals surface area contributed by atoms with Gasteiger partial charge in [0.05, 0.1) is 11.0 Å². The number of anilines is 1. The van der Waals surface area contributed by atoms with Crippen LogP contribution in [0.3, 0.4) is 0 Å². The first kappa shape index (κ1) is 17.0. The number of rotatable bonds is 5. The van der Waals surface area contributed by atoms with Crippen LogP contribution in [0.15, 0.2) is 18.2 Å². The quantitative estimate of drug-likeness (QED) is 0.645. The molecule has 1 amide bonds. The summed E-state index contributed by atoms with van der Waals surface area (Å²) >= 11 is 0. The van der Waals surface area contributed by atoms with E-state index >= 15 is 0 Å². The van der Waals surface area contributed by atoms with Crippen LogP contribution in [-0.2, 0) is 4.79 Å². The summed E-state index contributed by atoms with van der Waals surface area (Å²) < 4.78 is 13.0. The number of carbonyl (C=O) groups is 1. The van der Waals surface area contributed by atoms with E-state index in [-0.39, 0.29) is 23.6 Å². The van der Waals surface area contributed by atoms with E-state index in [1.54, 1.807) is 0 Å². The van der Waals surface area contributed by atoms with Crippen LogP contribution in [0.1, 0.15) is 33.6 Å². The molecule has 21 heavy (non-hydrogen) atoms. The minimum atomic E-state index is -0.742. The fourth-order valence-corrected chi connectivity index (χ4v) is 2.06. The van der Waals surface area contributed by atoms with Gasteiger partial charge in [0.1, 0.15) is 11.5 Å². The largest absolute Gasteiger partial charge is 0.327 e. The van der Waals surface area contributed by atoms with Crippen molar-refractivity contribution in [1.29, 1.82) is 0 Å². The van der Waals surface area contributed by atoms with Crippen molar-refractivity contribution in [3.05, 3.63) is 34.1 Å². The average Bonchev–Trinajstić information content (AvgIpc) is 2.28. The van der Waals surface area contributed by atoms with E-state index in [4.69, 9.17) is 5.73 Å². The van der Waals surface area contributed by atoms with E-state index in [1.165, 1.54) is 6.07 Å². The topological polar surface area (TPSA) is 98.3 Å². The molecule has 0 aromatic heterocycles. The molecule has 0 aliphatic carbocycles. The molecule has 0 radical (unpaired) electrons. The Morgan fingerprint density at radius 3 is 2.62 bits per heavy atom. The van der Waals surface area contributed by atoms with Gasteiger partial charge in [0, 0.05) is 12.5 Å². The molecule has 1 aromatic rings. The Morgan fingerprint density at radius 1 is 1.48 bits per heavy atom. The molecule has 1 atom stereocenters. The molecule has 0 heterocycles. The molecule has 116 valence electrons. The number of nitrogens with two attached hydrogens (primary N) is 1. The number of hydrogen-bond donors (Lipinski definition) is 2. The molecule has 1 unspecified atom stereocenters. The predicted octanol–water partition coefficient (Wildman–Crippen LogP) is 2.83. The van der Waals surface area contributed by atoms with Gasteiger partial charge in [-0.05, 0) is 24.0 Å². The van der Waals surface area contributed by atoms with Crippen LogP contribution in [0.25, 0.3) is 0 Å². The minimum Gasteiger partial charge on any atom is -0.327 e. The highest BCUT2D eigenvalue weighted by molar-refractivity contribution is 5.93. The van der Waals surface area contributed by atoms with Crippen LogP contribution in [-0.4, -0.2) is 16.9 Å². The van der Waals surface area contributed by atoms with Crippen LogP contribution < -0.4 is 11.1 Å². The molecule has 0 fully saturated rings. The molecule has 1 rings (SSSR count). The summed E-state index contributed by atoms with van der Waals surface area (Å²) in [6, 6.07) is 2.65. The number of nitrogens with one attached hydrogen (secondary N) is 1. The van der Waals surface area contributed by atoms with Crippen molar-refractivity contribution < 1.29 is 14.1 Å². The summed E-state index contributed by atoms with van der Waals surface area (Å²) in [5.74, 6) is -1.16. The number of hydrogen-bond acceptors (Lipinski definition) is 4. The summed E-state index contributed by atoms with van der Waals surface area (Å²) in [5, 5.41) is 13.2. The summed E-state index contributed by atoms with van der Waals surface area (Å²) in [6.07, 6.45) is 0.692. The fourth-order valence-electron chi connectivity index (χ4n) is 2.06. The number of carbonyl (C=O) groups excluding carboxylic acids is 1. The first-order chi connectivity index (χ1) is 9.58. The third kappa shape index (κ3) is 5.86. The fraction of sp³-hybridized carbons (Fsp3) is 0.500. The second-order valence-electron chi connectivity index (χ2n) is 6.20. The van der Waals surface area contributed by atoms with Crippen LogP contribution in [0.2, 0.25) is 0 Å². The summed E-state index contributed by atoms with van der Waals surface area (Å²) in [6.45, 7) is 6.03. The standard InChI is InChI=1S/C14H20FN3O3/c1-14(2,3)8-10(16)7-13(19)17-11-5-4-9(15)6-12(11)18(20)21/h4-6,10H,7-8,16H2,1-3H3,(H,17,19). The molecule has 0 saturated heterocycles. The van der Waals surface area contributed by atoms with Gasteiger partial charge in [0.2, 0.25) is 5.91 Å². The van der Waals surface area contributed by atoms with Crippen molar-refractivity contribution in [2.75, 3.05) is 5.32 Å². The first-order valence-corrected chi connectivity index (χ1v) is 6.58. The zero-order valence-electron chi connectivity index (χ0n) is 12.4. The Balaban J connectivity index is 2.73. The third-order valence-electron chi connectivity index (χ3n) is 2.75. The SMILES string of the molecule is CC(C)(C)CC(N)CC(=O)Nc1ccc(F)cc1[N+](=O)[O-]. The van der Waals surface area contributed by atoms with E-state index in [0.29, 0.717) is 6.42 Å². The molecule has 0 bridgehead atoms. The second kappa shape index (κ2) is 6.62. The lowest BCUT2D eigenvalue weighted by Gasteiger charge is -2.22. The van der Waals surface area contributed by atoms with E-state index in [9.17, 15) is 19.3 Å². The summed E-state index contributed by atoms with van der Waals surface area (Å²) in [5.41, 5.74) is 5.36. The van der Waals surface area contributed by atoms with Crippen LogP contribution in [0.4, 0.5) is 15.8 Å². The highest BCUT2D eigenvalue weighted by atomic mass is 19.1. The molecule has 0 spiro atoms. The lowest BCUT2D eigenvalue weighted by Crippen LogP contribution is -2.31. The molecule has 1 aromatic carbocycles. The molecule has 6 nitrogen and oxygen atoms in total. The minimum absolute atomic E-state index is 0.0123. The highest BCUT2D eigenvalue weighted by Crippen LogP contribution is 2.26. The monoisotopic (exact) mass is 297 g/mol. The molecule has 0 aliphatic rings. The van der Waals surface area contributed by atoms with Crippen molar-refractivity contribution in [3.63, 3.8) is 0 Å². The lowest BCUT2D eigenvalue weighted by atomic mass is 9.87. The van der Waals surface area contributed by atoms with Crippen molar-refractivity contribution in [2.45, 2.75) is 39.7 Å². The van der Waals surface area contributed by atoms with Gasteiger partial charge in [0.25, 0.3) is 5.69 Å². The Morgan fingerprint density at radius 2 is 2.10 bits per heavy atom. The summed E-state index contributed by atoms with van der Waals surface area (Å²) in [7, 11) is 0. The highest BCUT2D eigenvalue weighted by Gasteiger charge is 2.21. The van der Waals surface area contributed by atoms with Gasteiger partial charge in [-0.1, -0.05) is 20.8 Å². The number of benzene rings is 1. The molecular formula is C14H20FN3O3. The Bertz CT molecular complexity index is 541. The Hall–Kier alpha value is -2.02. The van der Waals surface area contributed by atoms with E-state index in [2.05, 4.69) is 5.32 Å². The zero-order valence-corrected chi connectivity index (χ0v) is 12.4. The molecule has 0 aliphatic heterocycles. The average molecular weight is 297 g/mol. The van der Waals surface area contributed by atoms with Gasteiger partial charge in [-0.25, -0.2) is 4.39 Å². The van der Waals surface area contributed by atoms with E-state index < -0.39 is 22.3 Å². The van der Waals surface area contributed by atoms with Gasteiger partial charge in [-0.15, -0.1) is 0 Å². The van der Waals surface area contributed by atoms with Crippen molar-refractivity contribution in [1.82, 2.24) is 0 Å². The Kier molecular flexibility index (Phi) is 5.37. The van der Waals surface area contributed by atoms with Crippen LogP contribution >= 0.6 is 0 Å². The predicted molar refractivity (Wildman–Crippen MR) is 78.3 cm³/mol. The van der Waals surface area contributed by atoms with Gasteiger partial charge in [0.15, 0.2) is 0 Å². The van der Waals surface area contributed by atoms with E-state index in [0.717, 1.165) is 12.1 Å². The molecule has 7 heteroatoms. The Labute approximate surface area is 122 Å². The molecular weight excluding hydrogens is 277 g/mol. The summed E-state index contributed by atoms with van der Waals surface area (Å²) in [4.78, 5) is 21.9. The maximum Gasteiger partial charge on any atom is 0.295 e. The number of nitro groups is 1. The number of nitrogens with zero attached hydrogens (tertiary/aromatic N) is 1. The number of nitro benzene ring substituents is 1. The number of halogens is 1. The molecule has 3 N–H and O–H groups in total. The first-order valence-electron chi connectivity index (χ1n) is 6.58. The second-order valence-corrected chi connectivity index (χ2v) is 6.20. The maximum atomic E-state index is 13.0. The molecule has 0 saturated carbocycles. The normalized spacial score (nSPS) is 12.8. The van der Waals surface area contributed by atoms with Gasteiger partial charge < -0.3 is 11.1 Å². The van der Waals surface area contributed by atoms with Crippen molar-refractivity contribution >= 4 is 17.3 Å². The third-order valence-corrected chi connectivity index (χ3v) is 2.75. The van der Waals surface area contributed by atoms with Gasteiger partial charge >= 0.3 is 0 Å². The lowest BCUT2D eigenvalue weighted by molar-refractivity contribution is -0.384. The van der Waals surface area contributed by atoms with Crippen LogP contribution in [0.5, 0.6) is 0 Å². The maximum absolute atomic E-state index is 13.0. The zero-order chi connectivity index (χ0) is 16.2. The number of amides is 1.